The van der Waals surface area contributed by atoms with Crippen LogP contribution in [-0.4, -0.2) is 39.3 Å². The lowest BCUT2D eigenvalue weighted by Crippen LogP contribution is -2.47. The van der Waals surface area contributed by atoms with Crippen molar-refractivity contribution in [2.75, 3.05) is 27.3 Å². The zero-order valence-corrected chi connectivity index (χ0v) is 9.71. The van der Waals surface area contributed by atoms with Crippen molar-refractivity contribution in [1.82, 2.24) is 10.6 Å². The minimum absolute atomic E-state index is 0.0105. The highest BCUT2D eigenvalue weighted by molar-refractivity contribution is 5.81. The van der Waals surface area contributed by atoms with E-state index in [1.54, 1.807) is 14.2 Å². The molecule has 15 heavy (non-hydrogen) atoms. The summed E-state index contributed by atoms with van der Waals surface area (Å²) in [6, 6.07) is 0.0105. The molecule has 0 saturated carbocycles. The van der Waals surface area contributed by atoms with Crippen LogP contribution in [0.15, 0.2) is 0 Å². The lowest BCUT2D eigenvalue weighted by atomic mass is 9.88. The maximum absolute atomic E-state index is 11.4. The summed E-state index contributed by atoms with van der Waals surface area (Å²) in [5.41, 5.74) is 0. The van der Waals surface area contributed by atoms with Crippen molar-refractivity contribution in [3.8, 4) is 0 Å². The summed E-state index contributed by atoms with van der Waals surface area (Å²) in [5, 5.41) is 5.94. The predicted octanol–water partition coefficient (Wildman–Crippen LogP) is 0.527. The lowest BCUT2D eigenvalue weighted by molar-refractivity contribution is -0.123. The van der Waals surface area contributed by atoms with Gasteiger partial charge < -0.3 is 15.4 Å². The van der Waals surface area contributed by atoms with Gasteiger partial charge >= 0.3 is 0 Å². The van der Waals surface area contributed by atoms with Gasteiger partial charge in [-0.1, -0.05) is 0 Å². The molecule has 2 N–H and O–H groups in total. The van der Waals surface area contributed by atoms with Crippen LogP contribution in [-0.2, 0) is 9.53 Å². The van der Waals surface area contributed by atoms with E-state index in [9.17, 15) is 4.79 Å². The Bertz CT molecular complexity index is 197. The molecule has 0 aromatic rings. The molecule has 1 amide bonds. The fraction of sp³-hybridized carbons (Fsp3) is 0.909. The number of methoxy groups -OCH3 is 1. The van der Waals surface area contributed by atoms with Crippen LogP contribution in [0.25, 0.3) is 0 Å². The molecule has 88 valence electrons. The monoisotopic (exact) mass is 214 g/mol. The lowest BCUT2D eigenvalue weighted by Gasteiger charge is -2.29. The van der Waals surface area contributed by atoms with E-state index in [0.29, 0.717) is 5.92 Å². The van der Waals surface area contributed by atoms with Gasteiger partial charge in [0.15, 0.2) is 0 Å². The standard InChI is InChI=1S/C11H22N2O2/c1-12-11(14)10-8-9(5-6-13-10)4-3-7-15-2/h9-10,13H,3-8H2,1-2H3,(H,12,14). The number of likely N-dealkylation sites (N-methyl/N-ethyl adjacent to an activating group) is 1. The first-order chi connectivity index (χ1) is 7.27. The zero-order valence-electron chi connectivity index (χ0n) is 9.71. The van der Waals surface area contributed by atoms with E-state index in [1.165, 1.54) is 12.8 Å². The minimum atomic E-state index is 0.0105. The van der Waals surface area contributed by atoms with E-state index in [-0.39, 0.29) is 11.9 Å². The van der Waals surface area contributed by atoms with E-state index in [4.69, 9.17) is 4.74 Å². The molecule has 0 aromatic carbocycles. The number of amides is 1. The third-order valence-corrected chi connectivity index (χ3v) is 3.04. The molecule has 0 bridgehead atoms. The number of carbonyl (C=O) groups excluding carboxylic acids is 1. The van der Waals surface area contributed by atoms with Crippen molar-refractivity contribution in [3.05, 3.63) is 0 Å². The van der Waals surface area contributed by atoms with Crippen LogP contribution < -0.4 is 10.6 Å². The Balaban J connectivity index is 2.26. The van der Waals surface area contributed by atoms with Crippen LogP contribution in [0.4, 0.5) is 0 Å². The summed E-state index contributed by atoms with van der Waals surface area (Å²) in [4.78, 5) is 11.4. The Morgan fingerprint density at radius 1 is 1.60 bits per heavy atom. The molecule has 2 atom stereocenters. The van der Waals surface area contributed by atoms with Gasteiger partial charge in [-0.05, 0) is 38.1 Å². The first kappa shape index (κ1) is 12.5. The molecular formula is C11H22N2O2. The maximum Gasteiger partial charge on any atom is 0.236 e. The molecule has 2 unspecified atom stereocenters. The van der Waals surface area contributed by atoms with Gasteiger partial charge in [0.25, 0.3) is 0 Å². The molecule has 1 fully saturated rings. The Morgan fingerprint density at radius 3 is 3.07 bits per heavy atom. The van der Waals surface area contributed by atoms with Crippen LogP contribution in [0, 0.1) is 5.92 Å². The van der Waals surface area contributed by atoms with Crippen LogP contribution in [0.3, 0.4) is 0 Å². The van der Waals surface area contributed by atoms with Gasteiger partial charge in [-0.25, -0.2) is 0 Å². The van der Waals surface area contributed by atoms with E-state index >= 15 is 0 Å². The first-order valence-corrected chi connectivity index (χ1v) is 5.71. The molecule has 4 nitrogen and oxygen atoms in total. The summed E-state index contributed by atoms with van der Waals surface area (Å²) in [6.45, 7) is 1.78. The van der Waals surface area contributed by atoms with Crippen LogP contribution >= 0.6 is 0 Å². The molecule has 0 radical (unpaired) electrons. The van der Waals surface area contributed by atoms with Crippen molar-refractivity contribution in [1.29, 1.82) is 0 Å². The Kier molecular flexibility index (Phi) is 5.65. The van der Waals surface area contributed by atoms with Gasteiger partial charge in [0.1, 0.15) is 0 Å². The van der Waals surface area contributed by atoms with Crippen molar-refractivity contribution in [3.63, 3.8) is 0 Å². The van der Waals surface area contributed by atoms with E-state index in [0.717, 1.165) is 26.0 Å². The largest absolute Gasteiger partial charge is 0.385 e. The number of hydrogen-bond donors (Lipinski definition) is 2. The molecule has 1 heterocycles. The topological polar surface area (TPSA) is 50.4 Å². The second-order valence-electron chi connectivity index (χ2n) is 4.15. The maximum atomic E-state index is 11.4. The zero-order chi connectivity index (χ0) is 11.1. The fourth-order valence-electron chi connectivity index (χ4n) is 2.15. The van der Waals surface area contributed by atoms with Gasteiger partial charge in [-0.15, -0.1) is 0 Å². The predicted molar refractivity (Wildman–Crippen MR) is 59.7 cm³/mol. The highest BCUT2D eigenvalue weighted by Gasteiger charge is 2.25. The number of ether oxygens (including phenoxy) is 1. The molecule has 0 aromatic heterocycles. The molecule has 1 rings (SSSR count). The SMILES string of the molecule is CNC(=O)C1CC(CCCOC)CCN1. The van der Waals surface area contributed by atoms with Crippen molar-refractivity contribution < 1.29 is 9.53 Å². The molecule has 1 aliphatic rings. The summed E-state index contributed by atoms with van der Waals surface area (Å²) in [5.74, 6) is 0.787. The van der Waals surface area contributed by atoms with Crippen molar-refractivity contribution in [2.24, 2.45) is 5.92 Å². The highest BCUT2D eigenvalue weighted by atomic mass is 16.5. The second kappa shape index (κ2) is 6.80. The number of hydrogen-bond acceptors (Lipinski definition) is 3. The third-order valence-electron chi connectivity index (χ3n) is 3.04. The van der Waals surface area contributed by atoms with Crippen LogP contribution in [0.5, 0.6) is 0 Å². The minimum Gasteiger partial charge on any atom is -0.385 e. The summed E-state index contributed by atoms with van der Waals surface area (Å²) in [7, 11) is 3.42. The normalized spacial score (nSPS) is 26.3. The van der Waals surface area contributed by atoms with Crippen molar-refractivity contribution >= 4 is 5.91 Å². The smallest absolute Gasteiger partial charge is 0.236 e. The molecule has 0 spiro atoms. The van der Waals surface area contributed by atoms with Gasteiger partial charge in [-0.2, -0.15) is 0 Å². The third kappa shape index (κ3) is 4.18. The Labute approximate surface area is 91.8 Å². The quantitative estimate of drug-likeness (QED) is 0.656. The Hall–Kier alpha value is -0.610. The number of rotatable bonds is 5. The van der Waals surface area contributed by atoms with Gasteiger partial charge in [0.2, 0.25) is 5.91 Å². The van der Waals surface area contributed by atoms with E-state index in [2.05, 4.69) is 10.6 Å². The number of piperidine rings is 1. The number of nitrogens with one attached hydrogen (secondary N) is 2. The Morgan fingerprint density at radius 2 is 2.40 bits per heavy atom. The summed E-state index contributed by atoms with van der Waals surface area (Å²) in [6.07, 6.45) is 4.41. The second-order valence-corrected chi connectivity index (χ2v) is 4.15. The van der Waals surface area contributed by atoms with E-state index in [1.807, 2.05) is 0 Å². The molecule has 4 heteroatoms. The molecular weight excluding hydrogens is 192 g/mol. The van der Waals surface area contributed by atoms with Crippen molar-refractivity contribution in [2.45, 2.75) is 31.7 Å². The molecule has 1 aliphatic heterocycles. The molecule has 0 aliphatic carbocycles. The fourth-order valence-corrected chi connectivity index (χ4v) is 2.15. The van der Waals surface area contributed by atoms with Crippen LogP contribution in [0.1, 0.15) is 25.7 Å². The summed E-state index contributed by atoms with van der Waals surface area (Å²) >= 11 is 0. The van der Waals surface area contributed by atoms with Gasteiger partial charge in [0.05, 0.1) is 6.04 Å². The van der Waals surface area contributed by atoms with Gasteiger partial charge in [0, 0.05) is 20.8 Å². The average molecular weight is 214 g/mol. The highest BCUT2D eigenvalue weighted by Crippen LogP contribution is 2.21. The van der Waals surface area contributed by atoms with E-state index < -0.39 is 0 Å². The first-order valence-electron chi connectivity index (χ1n) is 5.71. The molecule has 1 saturated heterocycles. The van der Waals surface area contributed by atoms with Crippen LogP contribution in [0.2, 0.25) is 0 Å². The summed E-state index contributed by atoms with van der Waals surface area (Å²) < 4.78 is 5.03. The average Bonchev–Trinajstić information content (AvgIpc) is 2.29. The number of carbonyl (C=O) groups is 1. The van der Waals surface area contributed by atoms with Gasteiger partial charge in [-0.3, -0.25) is 4.79 Å².